The van der Waals surface area contributed by atoms with Crippen LogP contribution in [0.5, 0.6) is 0 Å². The molecular weight excluding hydrogens is 294 g/mol. The number of fused-ring (bicyclic) bond motifs is 1. The molecule has 0 aliphatic carbocycles. The molecule has 0 fully saturated rings. The molecule has 0 atom stereocenters. The van der Waals surface area contributed by atoms with Crippen LogP contribution in [0.1, 0.15) is 12.7 Å². The first-order valence-corrected chi connectivity index (χ1v) is 6.79. The van der Waals surface area contributed by atoms with Crippen molar-refractivity contribution in [2.45, 2.75) is 13.3 Å². The Labute approximate surface area is 113 Å². The van der Waals surface area contributed by atoms with Crippen molar-refractivity contribution in [2.24, 2.45) is 4.99 Å². The molecule has 0 radical (unpaired) electrons. The predicted molar refractivity (Wildman–Crippen MR) is 77.1 cm³/mol. The van der Waals surface area contributed by atoms with E-state index in [4.69, 9.17) is 0 Å². The third kappa shape index (κ3) is 1.96. The minimum atomic E-state index is 0.821. The second kappa shape index (κ2) is 4.61. The number of nitrogens with one attached hydrogen (secondary N) is 3. The smallest absolute Gasteiger partial charge is 0.195 e. The summed E-state index contributed by atoms with van der Waals surface area (Å²) in [5.41, 5.74) is 2.98. The maximum Gasteiger partial charge on any atom is 0.195 e. The first-order valence-electron chi connectivity index (χ1n) is 6.00. The highest BCUT2D eigenvalue weighted by atomic mass is 79.9. The molecule has 0 unspecified atom stereocenters. The van der Waals surface area contributed by atoms with Gasteiger partial charge in [-0.25, -0.2) is 4.98 Å². The molecule has 5 nitrogen and oxygen atoms in total. The zero-order chi connectivity index (χ0) is 12.5. The highest BCUT2D eigenvalue weighted by Gasteiger charge is 2.12. The lowest BCUT2D eigenvalue weighted by atomic mass is 10.3. The fourth-order valence-corrected chi connectivity index (χ4v) is 2.50. The molecule has 2 aromatic rings. The number of aliphatic imine (C=N–C) groups is 1. The highest BCUT2D eigenvalue weighted by molar-refractivity contribution is 9.10. The number of aromatic amines is 1. The fraction of sp³-hybridized carbons (Fsp3) is 0.333. The van der Waals surface area contributed by atoms with Gasteiger partial charge in [0.15, 0.2) is 5.96 Å². The molecule has 1 aliphatic heterocycles. The van der Waals surface area contributed by atoms with Gasteiger partial charge in [-0.2, -0.15) is 0 Å². The Morgan fingerprint density at radius 3 is 3.06 bits per heavy atom. The number of hydrogen-bond acceptors (Lipinski definition) is 4. The topological polar surface area (TPSA) is 65.1 Å². The summed E-state index contributed by atoms with van der Waals surface area (Å²) in [5, 5.41) is 6.45. The van der Waals surface area contributed by atoms with Gasteiger partial charge >= 0.3 is 0 Å². The van der Waals surface area contributed by atoms with E-state index in [0.29, 0.717) is 0 Å². The summed E-state index contributed by atoms with van der Waals surface area (Å²) >= 11 is 3.60. The highest BCUT2D eigenvalue weighted by Crippen LogP contribution is 2.30. The van der Waals surface area contributed by atoms with Crippen LogP contribution in [0, 0.1) is 0 Å². The Balaban J connectivity index is 1.99. The Morgan fingerprint density at radius 1 is 1.44 bits per heavy atom. The van der Waals surface area contributed by atoms with Crippen LogP contribution in [-0.2, 0) is 6.42 Å². The fourth-order valence-electron chi connectivity index (χ4n) is 1.97. The second-order valence-corrected chi connectivity index (χ2v) is 4.94. The van der Waals surface area contributed by atoms with Crippen LogP contribution in [-0.4, -0.2) is 29.0 Å². The summed E-state index contributed by atoms with van der Waals surface area (Å²) in [7, 11) is 0. The largest absolute Gasteiger partial charge is 0.354 e. The molecule has 0 spiro atoms. The van der Waals surface area contributed by atoms with Crippen LogP contribution in [0.25, 0.3) is 11.0 Å². The van der Waals surface area contributed by atoms with E-state index in [1.165, 1.54) is 0 Å². The van der Waals surface area contributed by atoms with Crippen molar-refractivity contribution in [2.75, 3.05) is 18.4 Å². The van der Waals surface area contributed by atoms with Crippen molar-refractivity contribution < 1.29 is 0 Å². The van der Waals surface area contributed by atoms with Crippen LogP contribution < -0.4 is 10.6 Å². The number of benzene rings is 1. The number of guanidine groups is 1. The Hall–Kier alpha value is -1.56. The maximum absolute atomic E-state index is 4.56. The first-order chi connectivity index (χ1) is 8.78. The Kier molecular flexibility index (Phi) is 2.95. The van der Waals surface area contributed by atoms with Crippen LogP contribution in [0.3, 0.4) is 0 Å². The molecule has 1 aliphatic rings. The van der Waals surface area contributed by atoms with E-state index >= 15 is 0 Å². The minimum absolute atomic E-state index is 0.821. The number of rotatable bonds is 2. The van der Waals surface area contributed by atoms with Gasteiger partial charge in [0.05, 0.1) is 22.2 Å². The number of anilines is 1. The zero-order valence-corrected chi connectivity index (χ0v) is 11.6. The maximum atomic E-state index is 4.56. The van der Waals surface area contributed by atoms with Crippen LogP contribution in [0.4, 0.5) is 5.69 Å². The molecule has 3 N–H and O–H groups in total. The zero-order valence-electron chi connectivity index (χ0n) is 10.0. The third-order valence-corrected chi connectivity index (χ3v) is 3.71. The van der Waals surface area contributed by atoms with Gasteiger partial charge < -0.3 is 15.6 Å². The molecule has 18 heavy (non-hydrogen) atoms. The second-order valence-electron chi connectivity index (χ2n) is 4.14. The van der Waals surface area contributed by atoms with Crippen LogP contribution in [0.2, 0.25) is 0 Å². The lowest BCUT2D eigenvalue weighted by Gasteiger charge is -2.08. The van der Waals surface area contributed by atoms with Gasteiger partial charge in [0, 0.05) is 13.0 Å². The SMILES string of the molecule is CCc1nc2c(Br)c(NC3=NCCN3)ccc2[nH]1. The summed E-state index contributed by atoms with van der Waals surface area (Å²) in [6, 6.07) is 4.05. The van der Waals surface area contributed by atoms with Gasteiger partial charge in [-0.1, -0.05) is 6.92 Å². The minimum Gasteiger partial charge on any atom is -0.354 e. The molecule has 3 rings (SSSR count). The van der Waals surface area contributed by atoms with Crippen molar-refractivity contribution in [3.05, 3.63) is 22.4 Å². The molecule has 0 saturated carbocycles. The van der Waals surface area contributed by atoms with Gasteiger partial charge in [0.2, 0.25) is 0 Å². The number of nitrogens with zero attached hydrogens (tertiary/aromatic N) is 2. The molecule has 1 aromatic carbocycles. The molecule has 0 bridgehead atoms. The lowest BCUT2D eigenvalue weighted by Crippen LogP contribution is -2.26. The van der Waals surface area contributed by atoms with E-state index < -0.39 is 0 Å². The number of imidazole rings is 1. The van der Waals surface area contributed by atoms with Crippen LogP contribution in [0.15, 0.2) is 21.6 Å². The van der Waals surface area contributed by atoms with E-state index in [1.54, 1.807) is 0 Å². The van der Waals surface area contributed by atoms with E-state index in [9.17, 15) is 0 Å². The summed E-state index contributed by atoms with van der Waals surface area (Å²) in [6.07, 6.45) is 0.901. The van der Waals surface area contributed by atoms with Gasteiger partial charge in [0.1, 0.15) is 11.3 Å². The Morgan fingerprint density at radius 2 is 2.33 bits per heavy atom. The van der Waals surface area contributed by atoms with E-state index in [2.05, 4.69) is 48.4 Å². The van der Waals surface area contributed by atoms with Gasteiger partial charge in [-0.05, 0) is 28.1 Å². The first kappa shape index (κ1) is 11.5. The summed E-state index contributed by atoms with van der Waals surface area (Å²) in [4.78, 5) is 12.2. The van der Waals surface area contributed by atoms with Crippen LogP contribution >= 0.6 is 15.9 Å². The molecule has 1 aromatic heterocycles. The predicted octanol–water partition coefficient (Wildman–Crippen LogP) is 2.26. The third-order valence-electron chi connectivity index (χ3n) is 2.90. The van der Waals surface area contributed by atoms with E-state index in [1.807, 2.05) is 12.1 Å². The molecule has 6 heteroatoms. The average Bonchev–Trinajstić information content (AvgIpc) is 3.02. The lowest BCUT2D eigenvalue weighted by molar-refractivity contribution is 0.959. The molecule has 0 saturated heterocycles. The standard InChI is InChI=1S/C12H14BrN5/c1-2-9-16-8-4-3-7(10(13)11(8)18-9)17-12-14-5-6-15-12/h3-4H,2,5-6H2,1H3,(H,16,18)(H2,14,15,17). The average molecular weight is 308 g/mol. The number of aryl methyl sites for hydroxylation is 1. The monoisotopic (exact) mass is 307 g/mol. The summed E-state index contributed by atoms with van der Waals surface area (Å²) in [6.45, 7) is 3.80. The van der Waals surface area contributed by atoms with Gasteiger partial charge in [-0.3, -0.25) is 4.99 Å². The molecule has 94 valence electrons. The summed E-state index contributed by atoms with van der Waals surface area (Å²) < 4.78 is 0.965. The number of H-pyrrole nitrogens is 1. The molecule has 0 amide bonds. The number of halogens is 1. The quantitative estimate of drug-likeness (QED) is 0.797. The van der Waals surface area contributed by atoms with Crippen molar-refractivity contribution in [3.63, 3.8) is 0 Å². The number of hydrogen-bond donors (Lipinski definition) is 3. The van der Waals surface area contributed by atoms with Crippen molar-refractivity contribution in [1.29, 1.82) is 0 Å². The van der Waals surface area contributed by atoms with E-state index in [0.717, 1.165) is 52.5 Å². The van der Waals surface area contributed by atoms with Crippen molar-refractivity contribution in [3.8, 4) is 0 Å². The number of aromatic nitrogens is 2. The van der Waals surface area contributed by atoms with Gasteiger partial charge in [-0.15, -0.1) is 0 Å². The summed E-state index contributed by atoms with van der Waals surface area (Å²) in [5.74, 6) is 1.82. The van der Waals surface area contributed by atoms with E-state index in [-0.39, 0.29) is 0 Å². The van der Waals surface area contributed by atoms with Crippen molar-refractivity contribution >= 4 is 38.6 Å². The van der Waals surface area contributed by atoms with Crippen molar-refractivity contribution in [1.82, 2.24) is 15.3 Å². The normalized spacial score (nSPS) is 14.7. The molecule has 2 heterocycles. The van der Waals surface area contributed by atoms with Gasteiger partial charge in [0.25, 0.3) is 0 Å². The Bertz CT molecular complexity index is 616. The molecular formula is C12H14BrN5.